The zero-order chi connectivity index (χ0) is 19.7. The van der Waals surface area contributed by atoms with Crippen LogP contribution in [0.2, 0.25) is 5.02 Å². The fourth-order valence-corrected chi connectivity index (χ4v) is 4.53. The van der Waals surface area contributed by atoms with Crippen molar-refractivity contribution in [3.05, 3.63) is 46.3 Å². The summed E-state index contributed by atoms with van der Waals surface area (Å²) in [5, 5.41) is 7.98. The highest BCUT2D eigenvalue weighted by Crippen LogP contribution is 2.32. The fourth-order valence-electron chi connectivity index (χ4n) is 4.35. The lowest BCUT2D eigenvalue weighted by molar-refractivity contribution is 0.0772. The third-order valence-electron chi connectivity index (χ3n) is 5.98. The smallest absolute Gasteiger partial charge is 0.259 e. The molecule has 2 atom stereocenters. The van der Waals surface area contributed by atoms with Crippen LogP contribution in [0.3, 0.4) is 0 Å². The number of rotatable bonds is 6. The fraction of sp³-hybridized carbons (Fsp3) is 0.524. The number of benzene rings is 1. The summed E-state index contributed by atoms with van der Waals surface area (Å²) < 4.78 is 5.04. The Hall–Kier alpha value is -2.05. The molecule has 1 N–H and O–H groups in total. The van der Waals surface area contributed by atoms with Crippen LogP contribution in [0.5, 0.6) is 0 Å². The van der Waals surface area contributed by atoms with E-state index in [1.165, 1.54) is 6.20 Å². The van der Waals surface area contributed by atoms with Gasteiger partial charge in [0.15, 0.2) is 0 Å². The molecular formula is C21H27ClN4O2. The van der Waals surface area contributed by atoms with E-state index in [0.717, 1.165) is 62.0 Å². The van der Waals surface area contributed by atoms with Crippen molar-refractivity contribution < 1.29 is 9.32 Å². The molecule has 4 rings (SSSR count). The lowest BCUT2D eigenvalue weighted by Gasteiger charge is -2.21. The molecule has 1 aromatic carbocycles. The molecule has 2 saturated heterocycles. The summed E-state index contributed by atoms with van der Waals surface area (Å²) in [5.41, 5.74) is 2.77. The quantitative estimate of drug-likeness (QED) is 0.750. The van der Waals surface area contributed by atoms with Gasteiger partial charge in [-0.15, -0.1) is 0 Å². The van der Waals surface area contributed by atoms with Crippen molar-refractivity contribution in [2.75, 3.05) is 44.6 Å². The number of nitrogens with zero attached hydrogens (tertiary/aromatic N) is 3. The number of halogens is 1. The zero-order valence-corrected chi connectivity index (χ0v) is 17.2. The van der Waals surface area contributed by atoms with E-state index < -0.39 is 0 Å². The number of anilines is 1. The van der Waals surface area contributed by atoms with Crippen molar-refractivity contribution in [3.8, 4) is 0 Å². The second-order valence-corrected chi connectivity index (χ2v) is 8.44. The Kier molecular flexibility index (Phi) is 5.60. The van der Waals surface area contributed by atoms with Crippen molar-refractivity contribution in [3.63, 3.8) is 0 Å². The monoisotopic (exact) mass is 402 g/mol. The number of fused-ring (bicyclic) bond motifs is 1. The second kappa shape index (κ2) is 8.13. The molecule has 0 radical (unpaired) electrons. The molecule has 6 nitrogen and oxygen atoms in total. The summed E-state index contributed by atoms with van der Waals surface area (Å²) >= 11 is 6.18. The normalized spacial score (nSPS) is 21.9. The third-order valence-corrected chi connectivity index (χ3v) is 6.39. The molecule has 0 aliphatic carbocycles. The van der Waals surface area contributed by atoms with Gasteiger partial charge in [-0.05, 0) is 56.3 Å². The largest absolute Gasteiger partial charge is 0.385 e. The van der Waals surface area contributed by atoms with Crippen molar-refractivity contribution >= 4 is 23.2 Å². The summed E-state index contributed by atoms with van der Waals surface area (Å²) in [6.07, 6.45) is 2.62. The van der Waals surface area contributed by atoms with Gasteiger partial charge in [0, 0.05) is 43.4 Å². The van der Waals surface area contributed by atoms with E-state index in [-0.39, 0.29) is 5.91 Å². The number of nitrogens with one attached hydrogen (secondary N) is 1. The van der Waals surface area contributed by atoms with Crippen LogP contribution in [-0.4, -0.2) is 60.1 Å². The van der Waals surface area contributed by atoms with Crippen LogP contribution in [0, 0.1) is 25.7 Å². The van der Waals surface area contributed by atoms with Crippen LogP contribution in [0.15, 0.2) is 28.9 Å². The summed E-state index contributed by atoms with van der Waals surface area (Å²) in [5.74, 6) is 1.81. The van der Waals surface area contributed by atoms with Crippen LogP contribution in [0.25, 0.3) is 0 Å². The molecule has 0 bridgehead atoms. The molecule has 2 aromatic rings. The summed E-state index contributed by atoms with van der Waals surface area (Å²) in [4.78, 5) is 17.1. The van der Waals surface area contributed by atoms with E-state index in [1.54, 1.807) is 6.92 Å². The Morgan fingerprint density at radius 2 is 2.00 bits per heavy atom. The number of hydrogen-bond donors (Lipinski definition) is 1. The minimum absolute atomic E-state index is 0.0562. The molecule has 28 heavy (non-hydrogen) atoms. The standard InChI is InChI=1S/C21H27ClN4O2/c1-14-4-5-18(8-20(14)22)23-6-3-7-25-10-16-12-26(13-17(16)11-25)21(27)19-9-24-28-15(19)2/h4-5,8-9,16-17,23H,3,6-7,10-13H2,1-2H3. The minimum Gasteiger partial charge on any atom is -0.385 e. The third kappa shape index (κ3) is 4.03. The van der Waals surface area contributed by atoms with E-state index in [1.807, 2.05) is 24.0 Å². The molecule has 1 amide bonds. The van der Waals surface area contributed by atoms with Crippen molar-refractivity contribution in [1.29, 1.82) is 0 Å². The molecule has 3 heterocycles. The van der Waals surface area contributed by atoms with Crippen molar-refractivity contribution in [2.45, 2.75) is 20.3 Å². The average Bonchev–Trinajstić information content (AvgIpc) is 3.35. The summed E-state index contributed by atoms with van der Waals surface area (Å²) in [6, 6.07) is 6.10. The summed E-state index contributed by atoms with van der Waals surface area (Å²) in [7, 11) is 0. The maximum atomic E-state index is 12.6. The highest BCUT2D eigenvalue weighted by molar-refractivity contribution is 6.31. The highest BCUT2D eigenvalue weighted by Gasteiger charge is 2.41. The minimum atomic E-state index is 0.0562. The number of carbonyl (C=O) groups is 1. The highest BCUT2D eigenvalue weighted by atomic mass is 35.5. The number of carbonyl (C=O) groups excluding carboxylic acids is 1. The Balaban J connectivity index is 1.19. The van der Waals surface area contributed by atoms with Crippen molar-refractivity contribution in [2.24, 2.45) is 11.8 Å². The Bertz CT molecular complexity index is 839. The van der Waals surface area contributed by atoms with E-state index in [4.69, 9.17) is 16.1 Å². The number of hydrogen-bond acceptors (Lipinski definition) is 5. The first-order valence-corrected chi connectivity index (χ1v) is 10.3. The lowest BCUT2D eigenvalue weighted by Crippen LogP contribution is -2.34. The number of amides is 1. The zero-order valence-electron chi connectivity index (χ0n) is 16.4. The Labute approximate surface area is 170 Å². The number of aromatic nitrogens is 1. The van der Waals surface area contributed by atoms with Gasteiger partial charge in [-0.2, -0.15) is 0 Å². The van der Waals surface area contributed by atoms with Gasteiger partial charge in [0.05, 0.1) is 6.20 Å². The molecule has 2 fully saturated rings. The van der Waals surface area contributed by atoms with Gasteiger partial charge in [-0.1, -0.05) is 22.8 Å². The van der Waals surface area contributed by atoms with Gasteiger partial charge in [-0.25, -0.2) is 0 Å². The van der Waals surface area contributed by atoms with Crippen LogP contribution in [0.1, 0.15) is 28.1 Å². The van der Waals surface area contributed by atoms with Gasteiger partial charge in [0.2, 0.25) is 0 Å². The van der Waals surface area contributed by atoms with E-state index in [2.05, 4.69) is 21.4 Å². The van der Waals surface area contributed by atoms with E-state index in [9.17, 15) is 4.79 Å². The lowest BCUT2D eigenvalue weighted by atomic mass is 10.0. The van der Waals surface area contributed by atoms with Crippen molar-refractivity contribution in [1.82, 2.24) is 15.0 Å². The summed E-state index contributed by atoms with van der Waals surface area (Å²) in [6.45, 7) is 9.65. The van der Waals surface area contributed by atoms with Crippen LogP contribution in [0.4, 0.5) is 5.69 Å². The maximum Gasteiger partial charge on any atom is 0.259 e. The van der Waals surface area contributed by atoms with Crippen LogP contribution >= 0.6 is 11.6 Å². The first kappa shape index (κ1) is 19.3. The van der Waals surface area contributed by atoms with Gasteiger partial charge in [-0.3, -0.25) is 4.79 Å². The maximum absolute atomic E-state index is 12.6. The van der Waals surface area contributed by atoms with Crippen LogP contribution < -0.4 is 5.32 Å². The molecule has 2 aliphatic rings. The number of aryl methyl sites for hydroxylation is 2. The average molecular weight is 403 g/mol. The Morgan fingerprint density at radius 1 is 1.25 bits per heavy atom. The second-order valence-electron chi connectivity index (χ2n) is 8.03. The molecule has 150 valence electrons. The first-order valence-electron chi connectivity index (χ1n) is 9.94. The Morgan fingerprint density at radius 3 is 2.64 bits per heavy atom. The molecular weight excluding hydrogens is 376 g/mol. The van der Waals surface area contributed by atoms with E-state index in [0.29, 0.717) is 23.2 Å². The van der Waals surface area contributed by atoms with E-state index >= 15 is 0 Å². The molecule has 7 heteroatoms. The molecule has 0 spiro atoms. The molecule has 1 aromatic heterocycles. The first-order chi connectivity index (χ1) is 13.5. The topological polar surface area (TPSA) is 61.6 Å². The molecule has 0 saturated carbocycles. The predicted molar refractivity (Wildman–Crippen MR) is 110 cm³/mol. The molecule has 2 aliphatic heterocycles. The van der Waals surface area contributed by atoms with Crippen LogP contribution in [-0.2, 0) is 0 Å². The SMILES string of the molecule is Cc1ccc(NCCCN2CC3CN(C(=O)c4cnoc4C)CC3C2)cc1Cl. The van der Waals surface area contributed by atoms with Gasteiger partial charge in [0.25, 0.3) is 5.91 Å². The van der Waals surface area contributed by atoms with Gasteiger partial charge >= 0.3 is 0 Å². The van der Waals surface area contributed by atoms with Gasteiger partial charge < -0.3 is 19.6 Å². The van der Waals surface area contributed by atoms with Gasteiger partial charge in [0.1, 0.15) is 11.3 Å². The predicted octanol–water partition coefficient (Wildman–Crippen LogP) is 3.45. The number of likely N-dealkylation sites (tertiary alicyclic amines) is 2. The molecule has 2 unspecified atom stereocenters.